The summed E-state index contributed by atoms with van der Waals surface area (Å²) in [7, 11) is 0.809. The van der Waals surface area contributed by atoms with Crippen LogP contribution >= 0.6 is 8.60 Å². The minimum atomic E-state index is -1.85. The van der Waals surface area contributed by atoms with E-state index >= 15 is 0 Å². The summed E-state index contributed by atoms with van der Waals surface area (Å²) in [6.45, 7) is 3.84. The van der Waals surface area contributed by atoms with Gasteiger partial charge in [-0.05, 0) is 20.3 Å². The highest BCUT2D eigenvalue weighted by Crippen LogP contribution is 2.48. The van der Waals surface area contributed by atoms with Crippen LogP contribution in [0.4, 0.5) is 0 Å². The fourth-order valence-electron chi connectivity index (χ4n) is 3.51. The molecule has 1 aliphatic carbocycles. The van der Waals surface area contributed by atoms with Crippen molar-refractivity contribution >= 4 is 8.60 Å². The largest absolute Gasteiger partial charge is 0.392 e. The van der Waals surface area contributed by atoms with E-state index in [4.69, 9.17) is 23.3 Å². The molecule has 152 valence electrons. The molecule has 4 unspecified atom stereocenters. The zero-order valence-corrected chi connectivity index (χ0v) is 16.3. The van der Waals surface area contributed by atoms with Crippen molar-refractivity contribution in [1.82, 2.24) is 9.55 Å². The first kappa shape index (κ1) is 20.6. The summed E-state index contributed by atoms with van der Waals surface area (Å²) in [6, 6.07) is 0.992. The molecular weight excluding hydrogens is 383 g/mol. The topological polar surface area (TPSA) is 119 Å². The van der Waals surface area contributed by atoms with Gasteiger partial charge in [-0.2, -0.15) is 9.35 Å². The number of hydrogen-bond donors (Lipinski definition) is 1. The number of aromatic amines is 1. The molecule has 11 nitrogen and oxygen atoms in total. The molecule has 0 radical (unpaired) electrons. The van der Waals surface area contributed by atoms with Crippen LogP contribution in [0.1, 0.15) is 26.3 Å². The van der Waals surface area contributed by atoms with E-state index in [1.54, 1.807) is 0 Å². The first-order valence-electron chi connectivity index (χ1n) is 8.36. The Bertz CT molecular complexity index is 745. The van der Waals surface area contributed by atoms with Gasteiger partial charge in [-0.25, -0.2) is 14.6 Å². The van der Waals surface area contributed by atoms with Crippen LogP contribution in [0.15, 0.2) is 21.9 Å². The van der Waals surface area contributed by atoms with Gasteiger partial charge in [-0.15, -0.1) is 0 Å². The zero-order chi connectivity index (χ0) is 19.6. The molecule has 0 amide bonds. The number of H-pyrrole nitrogens is 1. The first-order chi connectivity index (χ1) is 12.8. The van der Waals surface area contributed by atoms with E-state index in [-0.39, 0.29) is 30.8 Å². The molecule has 1 aromatic heterocycles. The average Bonchev–Trinajstić information content (AvgIpc) is 3.07. The van der Waals surface area contributed by atoms with Crippen LogP contribution in [0.3, 0.4) is 0 Å². The lowest BCUT2D eigenvalue weighted by molar-refractivity contribution is -0.246. The Labute approximate surface area is 156 Å². The van der Waals surface area contributed by atoms with Crippen molar-refractivity contribution in [3.8, 4) is 0 Å². The van der Waals surface area contributed by atoms with Gasteiger partial charge < -0.3 is 14.0 Å². The maximum Gasteiger partial charge on any atom is 0.392 e. The van der Waals surface area contributed by atoms with E-state index in [1.165, 1.54) is 31.0 Å². The summed E-state index contributed by atoms with van der Waals surface area (Å²) in [5.41, 5.74) is -0.942. The summed E-state index contributed by atoms with van der Waals surface area (Å²) in [5.74, 6) is -0.902. The molecule has 4 atom stereocenters. The number of fused-ring (bicyclic) bond motifs is 1. The second-order valence-corrected chi connectivity index (χ2v) is 7.65. The van der Waals surface area contributed by atoms with Crippen LogP contribution in [0.5, 0.6) is 0 Å². The molecule has 3 rings (SSSR count). The summed E-state index contributed by atoms with van der Waals surface area (Å²) in [4.78, 5) is 35.0. The zero-order valence-electron chi connectivity index (χ0n) is 15.4. The Morgan fingerprint density at radius 3 is 2.52 bits per heavy atom. The number of ether oxygens (including phenoxy) is 2. The van der Waals surface area contributed by atoms with Crippen molar-refractivity contribution in [3.05, 3.63) is 33.1 Å². The second-order valence-electron chi connectivity index (χ2n) is 6.65. The van der Waals surface area contributed by atoms with E-state index in [0.717, 1.165) is 0 Å². The molecule has 0 aromatic carbocycles. The van der Waals surface area contributed by atoms with Crippen LogP contribution in [-0.2, 0) is 33.1 Å². The normalized spacial score (nSPS) is 29.4. The van der Waals surface area contributed by atoms with Crippen molar-refractivity contribution < 1.29 is 33.1 Å². The molecule has 12 heteroatoms. The monoisotopic (exact) mass is 406 g/mol. The smallest absolute Gasteiger partial charge is 0.344 e. The fourth-order valence-corrected chi connectivity index (χ4v) is 4.18. The number of rotatable bonds is 8. The number of nitrogens with one attached hydrogen (secondary N) is 1. The predicted molar refractivity (Wildman–Crippen MR) is 91.4 cm³/mol. The minimum absolute atomic E-state index is 0.105. The molecule has 1 N–H and O–H groups in total. The molecule has 27 heavy (non-hydrogen) atoms. The van der Waals surface area contributed by atoms with Crippen LogP contribution in [-0.4, -0.2) is 48.4 Å². The molecule has 0 spiro atoms. The average molecular weight is 406 g/mol. The van der Waals surface area contributed by atoms with Crippen LogP contribution in [0, 0.1) is 5.92 Å². The third-order valence-corrected chi connectivity index (χ3v) is 5.33. The van der Waals surface area contributed by atoms with Gasteiger partial charge in [-0.1, -0.05) is 0 Å². The van der Waals surface area contributed by atoms with Gasteiger partial charge in [0.15, 0.2) is 5.79 Å². The van der Waals surface area contributed by atoms with E-state index in [0.29, 0.717) is 6.42 Å². The van der Waals surface area contributed by atoms with Crippen molar-refractivity contribution in [2.24, 2.45) is 5.92 Å². The maximum absolute atomic E-state index is 12.2. The van der Waals surface area contributed by atoms with Gasteiger partial charge in [0.1, 0.15) is 6.10 Å². The quantitative estimate of drug-likeness (QED) is 0.383. The lowest BCUT2D eigenvalue weighted by Crippen LogP contribution is -2.36. The summed E-state index contributed by atoms with van der Waals surface area (Å²) in [6.07, 6.45) is 1.34. The molecular formula is C15H23N2O9P. The molecule has 1 aliphatic heterocycles. The van der Waals surface area contributed by atoms with Gasteiger partial charge in [0.05, 0.1) is 33.0 Å². The van der Waals surface area contributed by atoms with E-state index in [9.17, 15) is 9.59 Å². The molecule has 1 saturated carbocycles. The van der Waals surface area contributed by atoms with Crippen molar-refractivity contribution in [2.45, 2.75) is 44.3 Å². The summed E-state index contributed by atoms with van der Waals surface area (Å²) < 4.78 is 28.8. The highest BCUT2D eigenvalue weighted by Gasteiger charge is 2.55. The van der Waals surface area contributed by atoms with Crippen LogP contribution < -0.4 is 11.2 Å². The SMILES string of the molecule is COOP(OCC1CC(n2ccc(=O)[nH]c2=O)C2OC(C)(C)OC12)OOC. The Morgan fingerprint density at radius 2 is 1.89 bits per heavy atom. The third kappa shape index (κ3) is 4.64. The molecule has 1 saturated heterocycles. The minimum Gasteiger partial charge on any atom is -0.344 e. The highest BCUT2D eigenvalue weighted by molar-refractivity contribution is 7.41. The molecule has 2 fully saturated rings. The number of nitrogens with zero attached hydrogens (tertiary/aromatic N) is 1. The summed E-state index contributed by atoms with van der Waals surface area (Å²) >= 11 is 0. The Balaban J connectivity index is 1.77. The second kappa shape index (κ2) is 8.46. The van der Waals surface area contributed by atoms with Gasteiger partial charge in [0.25, 0.3) is 5.56 Å². The number of aromatic nitrogens is 2. The Morgan fingerprint density at radius 1 is 1.22 bits per heavy atom. The van der Waals surface area contributed by atoms with Gasteiger partial charge in [0, 0.05) is 18.2 Å². The third-order valence-electron chi connectivity index (χ3n) is 4.42. The van der Waals surface area contributed by atoms with Crippen molar-refractivity contribution in [3.63, 3.8) is 0 Å². The van der Waals surface area contributed by atoms with Gasteiger partial charge >= 0.3 is 14.3 Å². The number of hydrogen-bond acceptors (Lipinski definition) is 9. The summed E-state index contributed by atoms with van der Waals surface area (Å²) in [5, 5.41) is 0. The molecule has 0 bridgehead atoms. The molecule has 1 aromatic rings. The highest BCUT2D eigenvalue weighted by atomic mass is 31.2. The van der Waals surface area contributed by atoms with E-state index < -0.39 is 25.6 Å². The maximum atomic E-state index is 12.2. The standard InChI is InChI=1S/C15H23N2O9P/c1-15(2)23-12-9(8-22-27(25-20-3)26-21-4)7-10(13(12)24-15)17-6-5-11(18)16-14(17)19/h5-6,9-10,12-13H,7-8H2,1-4H3,(H,16,18,19). The lowest BCUT2D eigenvalue weighted by Gasteiger charge is -2.24. The predicted octanol–water partition coefficient (Wildman–Crippen LogP) is 1.02. The van der Waals surface area contributed by atoms with E-state index in [2.05, 4.69) is 14.8 Å². The fraction of sp³-hybridized carbons (Fsp3) is 0.733. The molecule has 2 aliphatic rings. The van der Waals surface area contributed by atoms with Gasteiger partial charge in [0.2, 0.25) is 0 Å². The van der Waals surface area contributed by atoms with Crippen LogP contribution in [0.2, 0.25) is 0 Å². The van der Waals surface area contributed by atoms with Gasteiger partial charge in [-0.3, -0.25) is 14.3 Å². The molecule has 2 heterocycles. The Kier molecular flexibility index (Phi) is 6.44. The van der Waals surface area contributed by atoms with Crippen molar-refractivity contribution in [1.29, 1.82) is 0 Å². The first-order valence-corrected chi connectivity index (χ1v) is 9.46. The lowest BCUT2D eigenvalue weighted by atomic mass is 10.1. The Hall–Kier alpha value is -1.17. The van der Waals surface area contributed by atoms with E-state index in [1.807, 2.05) is 13.8 Å². The van der Waals surface area contributed by atoms with Crippen LogP contribution in [0.25, 0.3) is 0 Å². The van der Waals surface area contributed by atoms with Crippen molar-refractivity contribution in [2.75, 3.05) is 20.8 Å².